The molecule has 0 saturated heterocycles. The smallest absolute Gasteiger partial charge is 0.252 e. The van der Waals surface area contributed by atoms with Crippen molar-refractivity contribution in [2.45, 2.75) is 37.5 Å². The first-order valence-electron chi connectivity index (χ1n) is 9.08. The largest absolute Gasteiger partial charge is 0.496 e. The Bertz CT molecular complexity index is 948. The summed E-state index contributed by atoms with van der Waals surface area (Å²) in [6.07, 6.45) is 0. The molecule has 3 aromatic rings. The Kier molecular flexibility index (Phi) is 6.41. The van der Waals surface area contributed by atoms with E-state index in [1.165, 1.54) is 0 Å². The van der Waals surface area contributed by atoms with Crippen LogP contribution in [0.4, 0.5) is 0 Å². The summed E-state index contributed by atoms with van der Waals surface area (Å²) in [7, 11) is 1.63. The number of carbonyl (C=O) groups is 1. The Labute approximate surface area is 169 Å². The van der Waals surface area contributed by atoms with Crippen LogP contribution in [0.15, 0.2) is 57.9 Å². The first-order chi connectivity index (χ1) is 13.5. The number of aromatic nitrogens is 1. The number of hydrogen-bond acceptors (Lipinski definition) is 5. The van der Waals surface area contributed by atoms with E-state index in [0.29, 0.717) is 11.3 Å². The van der Waals surface area contributed by atoms with E-state index >= 15 is 0 Å². The van der Waals surface area contributed by atoms with E-state index in [1.54, 1.807) is 18.9 Å². The van der Waals surface area contributed by atoms with Crippen molar-refractivity contribution in [1.29, 1.82) is 0 Å². The van der Waals surface area contributed by atoms with Crippen molar-refractivity contribution < 1.29 is 14.1 Å². The predicted molar refractivity (Wildman–Crippen MR) is 111 cm³/mol. The number of nitrogens with one attached hydrogen (secondary N) is 1. The van der Waals surface area contributed by atoms with Gasteiger partial charge in [-0.25, -0.2) is 0 Å². The second-order valence-corrected chi connectivity index (χ2v) is 7.54. The van der Waals surface area contributed by atoms with Crippen LogP contribution in [0.2, 0.25) is 0 Å². The second kappa shape index (κ2) is 8.97. The summed E-state index contributed by atoms with van der Waals surface area (Å²) in [5.74, 6) is 2.17. The zero-order valence-corrected chi connectivity index (χ0v) is 17.3. The standard InChI is InChI=1S/C22H24N2O3S/c1-14(17-9-5-7-11-20(17)26-4)23-22(25)18-10-6-8-12-21(18)28-13-19-15(2)24-27-16(19)3/h5-12,14H,13H2,1-4H3,(H,23,25). The highest BCUT2D eigenvalue weighted by Crippen LogP contribution is 2.30. The van der Waals surface area contributed by atoms with E-state index in [4.69, 9.17) is 9.26 Å². The average molecular weight is 397 g/mol. The summed E-state index contributed by atoms with van der Waals surface area (Å²) in [4.78, 5) is 13.9. The highest BCUT2D eigenvalue weighted by Gasteiger charge is 2.18. The lowest BCUT2D eigenvalue weighted by Crippen LogP contribution is -2.27. The van der Waals surface area contributed by atoms with Gasteiger partial charge in [-0.05, 0) is 39.0 Å². The van der Waals surface area contributed by atoms with Crippen molar-refractivity contribution >= 4 is 17.7 Å². The number of thioether (sulfide) groups is 1. The molecule has 1 amide bonds. The number of ether oxygens (including phenoxy) is 1. The molecule has 6 heteroatoms. The van der Waals surface area contributed by atoms with Crippen LogP contribution in [0.1, 0.15) is 45.9 Å². The van der Waals surface area contributed by atoms with Gasteiger partial charge in [0.05, 0.1) is 24.4 Å². The zero-order chi connectivity index (χ0) is 20.1. The molecule has 0 saturated carbocycles. The summed E-state index contributed by atoms with van der Waals surface area (Å²) >= 11 is 1.61. The Hall–Kier alpha value is -2.73. The molecule has 2 aromatic carbocycles. The van der Waals surface area contributed by atoms with Gasteiger partial charge in [0.25, 0.3) is 5.91 Å². The van der Waals surface area contributed by atoms with Gasteiger partial charge in [0.2, 0.25) is 0 Å². The molecular formula is C22H24N2O3S. The molecule has 1 atom stereocenters. The Morgan fingerprint density at radius 3 is 2.61 bits per heavy atom. The number of nitrogens with zero attached hydrogens (tertiary/aromatic N) is 1. The molecule has 3 rings (SSSR count). The second-order valence-electron chi connectivity index (χ2n) is 6.52. The van der Waals surface area contributed by atoms with Gasteiger partial charge in [-0.3, -0.25) is 4.79 Å². The van der Waals surface area contributed by atoms with Crippen LogP contribution in [0.25, 0.3) is 0 Å². The molecule has 0 aliphatic carbocycles. The van der Waals surface area contributed by atoms with Crippen molar-refractivity contribution in [1.82, 2.24) is 10.5 Å². The number of para-hydroxylation sites is 1. The molecule has 28 heavy (non-hydrogen) atoms. The summed E-state index contributed by atoms with van der Waals surface area (Å²) < 4.78 is 10.6. The van der Waals surface area contributed by atoms with E-state index in [9.17, 15) is 4.79 Å². The van der Waals surface area contributed by atoms with Gasteiger partial charge < -0.3 is 14.6 Å². The maximum atomic E-state index is 12.9. The maximum Gasteiger partial charge on any atom is 0.252 e. The highest BCUT2D eigenvalue weighted by atomic mass is 32.2. The topological polar surface area (TPSA) is 64.4 Å². The number of carbonyl (C=O) groups excluding carboxylic acids is 1. The van der Waals surface area contributed by atoms with Gasteiger partial charge >= 0.3 is 0 Å². The number of methoxy groups -OCH3 is 1. The van der Waals surface area contributed by atoms with Crippen LogP contribution in [-0.4, -0.2) is 18.2 Å². The molecule has 0 fully saturated rings. The minimum atomic E-state index is -0.177. The third-order valence-electron chi connectivity index (χ3n) is 4.64. The summed E-state index contributed by atoms with van der Waals surface area (Å²) in [5, 5.41) is 7.08. The van der Waals surface area contributed by atoms with Gasteiger partial charge in [-0.15, -0.1) is 11.8 Å². The van der Waals surface area contributed by atoms with Gasteiger partial charge in [0.1, 0.15) is 11.5 Å². The van der Waals surface area contributed by atoms with E-state index < -0.39 is 0 Å². The van der Waals surface area contributed by atoms with Crippen LogP contribution in [0.5, 0.6) is 5.75 Å². The highest BCUT2D eigenvalue weighted by molar-refractivity contribution is 7.98. The third kappa shape index (κ3) is 4.39. The van der Waals surface area contributed by atoms with Crippen molar-refractivity contribution in [2.75, 3.05) is 7.11 Å². The van der Waals surface area contributed by atoms with E-state index in [1.807, 2.05) is 69.3 Å². The first kappa shape index (κ1) is 20.0. The summed E-state index contributed by atoms with van der Waals surface area (Å²) in [6, 6.07) is 15.2. The molecule has 0 radical (unpaired) electrons. The van der Waals surface area contributed by atoms with E-state index in [2.05, 4.69) is 10.5 Å². The molecule has 1 heterocycles. The Morgan fingerprint density at radius 1 is 1.18 bits per heavy atom. The van der Waals surface area contributed by atoms with Crippen molar-refractivity contribution in [2.24, 2.45) is 0 Å². The van der Waals surface area contributed by atoms with Gasteiger partial charge in [0.15, 0.2) is 0 Å². The normalized spacial score (nSPS) is 11.9. The zero-order valence-electron chi connectivity index (χ0n) is 16.5. The molecule has 0 spiro atoms. The van der Waals surface area contributed by atoms with Crippen molar-refractivity contribution in [3.05, 3.63) is 76.7 Å². The fraction of sp³-hybridized carbons (Fsp3) is 0.273. The van der Waals surface area contributed by atoms with Crippen LogP contribution in [0.3, 0.4) is 0 Å². The first-order valence-corrected chi connectivity index (χ1v) is 10.1. The predicted octanol–water partition coefficient (Wildman–Crippen LogP) is 5.08. The Balaban J connectivity index is 1.75. The van der Waals surface area contributed by atoms with E-state index in [-0.39, 0.29) is 11.9 Å². The lowest BCUT2D eigenvalue weighted by Gasteiger charge is -2.18. The fourth-order valence-electron chi connectivity index (χ4n) is 3.01. The molecule has 1 unspecified atom stereocenters. The van der Waals surface area contributed by atoms with Gasteiger partial charge in [0, 0.05) is 21.8 Å². The molecule has 0 aliphatic heterocycles. The minimum absolute atomic E-state index is 0.111. The lowest BCUT2D eigenvalue weighted by molar-refractivity contribution is 0.0936. The minimum Gasteiger partial charge on any atom is -0.496 e. The number of benzene rings is 2. The average Bonchev–Trinajstić information content (AvgIpc) is 3.04. The molecule has 0 bridgehead atoms. The summed E-state index contributed by atoms with van der Waals surface area (Å²) in [6.45, 7) is 5.79. The lowest BCUT2D eigenvalue weighted by atomic mass is 10.1. The van der Waals surface area contributed by atoms with Gasteiger partial charge in [-0.2, -0.15) is 0 Å². The SMILES string of the molecule is COc1ccccc1C(C)NC(=O)c1ccccc1SCc1c(C)noc1C. The number of rotatable bonds is 7. The van der Waals surface area contributed by atoms with Crippen LogP contribution < -0.4 is 10.1 Å². The molecule has 146 valence electrons. The van der Waals surface area contributed by atoms with Crippen LogP contribution in [-0.2, 0) is 5.75 Å². The molecule has 1 aromatic heterocycles. The summed E-state index contributed by atoms with van der Waals surface area (Å²) in [5.41, 5.74) is 3.56. The van der Waals surface area contributed by atoms with E-state index in [0.717, 1.165) is 33.2 Å². The third-order valence-corrected chi connectivity index (χ3v) is 5.74. The van der Waals surface area contributed by atoms with Crippen molar-refractivity contribution in [3.63, 3.8) is 0 Å². The van der Waals surface area contributed by atoms with Crippen LogP contribution in [0, 0.1) is 13.8 Å². The number of hydrogen-bond donors (Lipinski definition) is 1. The van der Waals surface area contributed by atoms with Gasteiger partial charge in [-0.1, -0.05) is 35.5 Å². The van der Waals surface area contributed by atoms with Crippen molar-refractivity contribution in [3.8, 4) is 5.75 Å². The maximum absolute atomic E-state index is 12.9. The molecule has 0 aliphatic rings. The quantitative estimate of drug-likeness (QED) is 0.564. The monoisotopic (exact) mass is 396 g/mol. The number of amides is 1. The Morgan fingerprint density at radius 2 is 1.89 bits per heavy atom. The van der Waals surface area contributed by atoms with Crippen LogP contribution >= 0.6 is 11.8 Å². The molecule has 1 N–H and O–H groups in total. The molecule has 5 nitrogen and oxygen atoms in total. The fourth-order valence-corrected chi connectivity index (χ4v) is 4.22. The molecular weight excluding hydrogens is 372 g/mol. The number of aryl methyl sites for hydroxylation is 2.